The molecule has 0 aliphatic heterocycles. The molecule has 2 rings (SSSR count). The van der Waals surface area contributed by atoms with E-state index in [0.717, 1.165) is 16.3 Å². The minimum absolute atomic E-state index is 0.156. The lowest BCUT2D eigenvalue weighted by Gasteiger charge is -2.23. The third kappa shape index (κ3) is 2.33. The third-order valence-corrected chi connectivity index (χ3v) is 3.23. The maximum atomic E-state index is 10.1. The van der Waals surface area contributed by atoms with Crippen LogP contribution in [0, 0.1) is 5.92 Å². The molecule has 90 valence electrons. The molecule has 17 heavy (non-hydrogen) atoms. The summed E-state index contributed by atoms with van der Waals surface area (Å²) < 4.78 is 0. The highest BCUT2D eigenvalue weighted by atomic mass is 16.3. The Kier molecular flexibility index (Phi) is 3.46. The lowest BCUT2D eigenvalue weighted by molar-refractivity contribution is 0.0984. The van der Waals surface area contributed by atoms with Crippen LogP contribution >= 0.6 is 0 Å². The molecule has 0 fully saturated rings. The molecule has 0 radical (unpaired) electrons. The Hall–Kier alpha value is -1.38. The van der Waals surface area contributed by atoms with E-state index in [9.17, 15) is 5.11 Å². The molecule has 0 spiro atoms. The predicted octanol–water partition coefficient (Wildman–Crippen LogP) is 2.86. The van der Waals surface area contributed by atoms with E-state index in [1.165, 1.54) is 0 Å². The first-order valence-corrected chi connectivity index (χ1v) is 6.02. The Balaban J connectivity index is 2.48. The van der Waals surface area contributed by atoms with Gasteiger partial charge in [-0.1, -0.05) is 56.3 Å². The molecule has 0 aliphatic rings. The van der Waals surface area contributed by atoms with Crippen LogP contribution in [0.3, 0.4) is 0 Å². The van der Waals surface area contributed by atoms with Crippen LogP contribution in [0.25, 0.3) is 10.8 Å². The minimum atomic E-state index is -0.513. The summed E-state index contributed by atoms with van der Waals surface area (Å²) in [4.78, 5) is 0. The maximum Gasteiger partial charge on any atom is 0.0755 e. The van der Waals surface area contributed by atoms with E-state index in [0.29, 0.717) is 0 Å². The quantitative estimate of drug-likeness (QED) is 0.850. The van der Waals surface area contributed by atoms with E-state index >= 15 is 0 Å². The Morgan fingerprint density at radius 2 is 1.65 bits per heavy atom. The Labute approximate surface area is 102 Å². The fraction of sp³-hybridized carbons (Fsp3) is 0.333. The highest BCUT2D eigenvalue weighted by Crippen LogP contribution is 2.26. The van der Waals surface area contributed by atoms with Gasteiger partial charge in [0.05, 0.1) is 12.1 Å². The molecule has 0 heterocycles. The van der Waals surface area contributed by atoms with Crippen molar-refractivity contribution in [1.82, 2.24) is 0 Å². The Morgan fingerprint density at radius 3 is 2.35 bits per heavy atom. The van der Waals surface area contributed by atoms with Gasteiger partial charge in [0.15, 0.2) is 0 Å². The number of nitrogens with two attached hydrogens (primary N) is 1. The van der Waals surface area contributed by atoms with Crippen molar-refractivity contribution in [1.29, 1.82) is 0 Å². The molecular weight excluding hydrogens is 210 g/mol. The molecule has 0 bridgehead atoms. The van der Waals surface area contributed by atoms with E-state index in [1.807, 2.05) is 38.1 Å². The Morgan fingerprint density at radius 1 is 1.00 bits per heavy atom. The molecule has 3 N–H and O–H groups in total. The second-order valence-electron chi connectivity index (χ2n) is 4.83. The highest BCUT2D eigenvalue weighted by molar-refractivity contribution is 5.86. The van der Waals surface area contributed by atoms with Crippen molar-refractivity contribution in [2.24, 2.45) is 11.7 Å². The smallest absolute Gasteiger partial charge is 0.0755 e. The summed E-state index contributed by atoms with van der Waals surface area (Å²) in [6.07, 6.45) is -0.513. The topological polar surface area (TPSA) is 46.2 Å². The molecule has 2 nitrogen and oxygen atoms in total. The number of hydrogen-bond acceptors (Lipinski definition) is 2. The zero-order valence-electron chi connectivity index (χ0n) is 10.3. The van der Waals surface area contributed by atoms with Gasteiger partial charge in [-0.05, 0) is 22.3 Å². The molecule has 0 unspecified atom stereocenters. The SMILES string of the molecule is CC(C)[C@H](O)[C@H](N)c1cccc2ccccc12. The van der Waals surface area contributed by atoms with Gasteiger partial charge in [-0.25, -0.2) is 0 Å². The zero-order chi connectivity index (χ0) is 12.4. The number of hydrogen-bond donors (Lipinski definition) is 2. The van der Waals surface area contributed by atoms with Crippen LogP contribution in [0.2, 0.25) is 0 Å². The number of rotatable bonds is 3. The van der Waals surface area contributed by atoms with Gasteiger partial charge in [-0.3, -0.25) is 0 Å². The molecule has 0 aliphatic carbocycles. The van der Waals surface area contributed by atoms with Crippen LogP contribution in [-0.2, 0) is 0 Å². The second-order valence-corrected chi connectivity index (χ2v) is 4.83. The van der Waals surface area contributed by atoms with Gasteiger partial charge < -0.3 is 10.8 Å². The zero-order valence-corrected chi connectivity index (χ0v) is 10.3. The molecular formula is C15H19NO. The number of aliphatic hydroxyl groups excluding tert-OH is 1. The summed E-state index contributed by atoms with van der Waals surface area (Å²) in [6, 6.07) is 13.8. The fourth-order valence-electron chi connectivity index (χ4n) is 2.14. The second kappa shape index (κ2) is 4.86. The summed E-state index contributed by atoms with van der Waals surface area (Å²) in [5, 5.41) is 12.4. The standard InChI is InChI=1S/C15H19NO/c1-10(2)15(17)14(16)13-9-5-7-11-6-3-4-8-12(11)13/h3-10,14-15,17H,16H2,1-2H3/t14-,15+/m1/s1. The first kappa shape index (κ1) is 12.1. The van der Waals surface area contributed by atoms with Gasteiger partial charge in [0, 0.05) is 0 Å². The van der Waals surface area contributed by atoms with Crippen LogP contribution in [0.15, 0.2) is 42.5 Å². The molecule has 0 amide bonds. The minimum Gasteiger partial charge on any atom is -0.391 e. The van der Waals surface area contributed by atoms with E-state index in [2.05, 4.69) is 18.2 Å². The van der Waals surface area contributed by atoms with Crippen LogP contribution in [0.4, 0.5) is 0 Å². The summed E-state index contributed by atoms with van der Waals surface area (Å²) >= 11 is 0. The average Bonchev–Trinajstić information content (AvgIpc) is 2.36. The molecule has 2 aromatic carbocycles. The van der Waals surface area contributed by atoms with Crippen molar-refractivity contribution in [2.45, 2.75) is 26.0 Å². The van der Waals surface area contributed by atoms with E-state index in [4.69, 9.17) is 5.73 Å². The third-order valence-electron chi connectivity index (χ3n) is 3.23. The Bertz CT molecular complexity index is 502. The number of benzene rings is 2. The summed E-state index contributed by atoms with van der Waals surface area (Å²) in [6.45, 7) is 3.96. The van der Waals surface area contributed by atoms with Gasteiger partial charge in [-0.15, -0.1) is 0 Å². The van der Waals surface area contributed by atoms with Gasteiger partial charge in [0.1, 0.15) is 0 Å². The van der Waals surface area contributed by atoms with Crippen molar-refractivity contribution in [2.75, 3.05) is 0 Å². The van der Waals surface area contributed by atoms with Crippen LogP contribution < -0.4 is 5.73 Å². The lowest BCUT2D eigenvalue weighted by Crippen LogP contribution is -2.30. The molecule has 2 heteroatoms. The van der Waals surface area contributed by atoms with E-state index < -0.39 is 6.10 Å². The first-order valence-electron chi connectivity index (χ1n) is 6.02. The summed E-state index contributed by atoms with van der Waals surface area (Å²) in [5.41, 5.74) is 7.17. The molecule has 2 aromatic rings. The maximum absolute atomic E-state index is 10.1. The van der Waals surface area contributed by atoms with Gasteiger partial charge in [0.25, 0.3) is 0 Å². The highest BCUT2D eigenvalue weighted by Gasteiger charge is 2.21. The normalized spacial score (nSPS) is 15.1. The number of aliphatic hydroxyl groups is 1. The molecule has 0 aromatic heterocycles. The number of fused-ring (bicyclic) bond motifs is 1. The lowest BCUT2D eigenvalue weighted by atomic mass is 9.91. The molecule has 0 saturated heterocycles. The van der Waals surface area contributed by atoms with Crippen LogP contribution in [0.5, 0.6) is 0 Å². The van der Waals surface area contributed by atoms with Gasteiger partial charge >= 0.3 is 0 Å². The van der Waals surface area contributed by atoms with Crippen molar-refractivity contribution in [3.63, 3.8) is 0 Å². The molecule has 0 saturated carbocycles. The van der Waals surface area contributed by atoms with E-state index in [-0.39, 0.29) is 12.0 Å². The first-order chi connectivity index (χ1) is 8.11. The van der Waals surface area contributed by atoms with Crippen LogP contribution in [0.1, 0.15) is 25.5 Å². The van der Waals surface area contributed by atoms with Crippen molar-refractivity contribution < 1.29 is 5.11 Å². The van der Waals surface area contributed by atoms with Crippen molar-refractivity contribution in [3.05, 3.63) is 48.0 Å². The van der Waals surface area contributed by atoms with Crippen molar-refractivity contribution >= 4 is 10.8 Å². The fourth-order valence-corrected chi connectivity index (χ4v) is 2.14. The molecule has 2 atom stereocenters. The predicted molar refractivity (Wildman–Crippen MR) is 71.7 cm³/mol. The van der Waals surface area contributed by atoms with Gasteiger partial charge in [-0.2, -0.15) is 0 Å². The van der Waals surface area contributed by atoms with Crippen molar-refractivity contribution in [3.8, 4) is 0 Å². The van der Waals surface area contributed by atoms with E-state index in [1.54, 1.807) is 0 Å². The van der Waals surface area contributed by atoms with Crippen LogP contribution in [-0.4, -0.2) is 11.2 Å². The average molecular weight is 229 g/mol. The largest absolute Gasteiger partial charge is 0.391 e. The summed E-state index contributed by atoms with van der Waals surface area (Å²) in [5.74, 6) is 0.156. The van der Waals surface area contributed by atoms with Gasteiger partial charge in [0.2, 0.25) is 0 Å². The summed E-state index contributed by atoms with van der Waals surface area (Å²) in [7, 11) is 0. The monoisotopic (exact) mass is 229 g/mol.